The first-order valence-electron chi connectivity index (χ1n) is 7.24. The molecule has 4 heteroatoms. The molecule has 0 radical (unpaired) electrons. The number of rotatable bonds is 10. The topological polar surface area (TPSA) is 47.9 Å². The molecule has 1 N–H and O–H groups in total. The molecule has 20 heavy (non-hydrogen) atoms. The highest BCUT2D eigenvalue weighted by atomic mass is 16.5. The van der Waals surface area contributed by atoms with Crippen LogP contribution < -0.4 is 9.47 Å². The Morgan fingerprint density at radius 2 is 1.90 bits per heavy atom. The summed E-state index contributed by atoms with van der Waals surface area (Å²) in [5.41, 5.74) is 0.762. The van der Waals surface area contributed by atoms with Crippen LogP contribution in [0.1, 0.15) is 32.8 Å². The van der Waals surface area contributed by atoms with Gasteiger partial charge in [-0.15, -0.1) is 0 Å². The molecule has 0 aliphatic carbocycles. The third-order valence-corrected chi connectivity index (χ3v) is 2.62. The average molecular weight is 282 g/mol. The maximum Gasteiger partial charge on any atom is 0.128 e. The van der Waals surface area contributed by atoms with Gasteiger partial charge in [0.1, 0.15) is 18.1 Å². The molecule has 114 valence electrons. The third-order valence-electron chi connectivity index (χ3n) is 2.62. The normalized spacial score (nSPS) is 10.8. The highest BCUT2D eigenvalue weighted by molar-refractivity contribution is 5.40. The van der Waals surface area contributed by atoms with Crippen LogP contribution in [0.2, 0.25) is 0 Å². The summed E-state index contributed by atoms with van der Waals surface area (Å²) >= 11 is 0. The first kappa shape index (κ1) is 16.8. The number of aliphatic hydroxyl groups excluding tert-OH is 1. The van der Waals surface area contributed by atoms with Crippen LogP contribution in [0, 0.1) is 5.92 Å². The Labute approximate surface area is 121 Å². The summed E-state index contributed by atoms with van der Waals surface area (Å²) in [6.45, 7) is 8.66. The Morgan fingerprint density at radius 1 is 1.10 bits per heavy atom. The number of hydrogen-bond acceptors (Lipinski definition) is 4. The minimum absolute atomic E-state index is 0.0454. The van der Waals surface area contributed by atoms with Crippen molar-refractivity contribution in [1.29, 1.82) is 0 Å². The molecule has 1 aromatic rings. The molecule has 0 fully saturated rings. The van der Waals surface area contributed by atoms with E-state index in [2.05, 4.69) is 20.8 Å². The van der Waals surface area contributed by atoms with Crippen LogP contribution in [0.25, 0.3) is 0 Å². The fourth-order valence-corrected chi connectivity index (χ4v) is 1.64. The van der Waals surface area contributed by atoms with Crippen molar-refractivity contribution in [3.05, 3.63) is 23.8 Å². The van der Waals surface area contributed by atoms with E-state index in [1.165, 1.54) is 0 Å². The zero-order valence-corrected chi connectivity index (χ0v) is 12.7. The van der Waals surface area contributed by atoms with E-state index < -0.39 is 0 Å². The van der Waals surface area contributed by atoms with Crippen LogP contribution in [-0.2, 0) is 11.3 Å². The molecule has 0 saturated carbocycles. The highest BCUT2D eigenvalue weighted by Gasteiger charge is 2.05. The van der Waals surface area contributed by atoms with Gasteiger partial charge in [0.15, 0.2) is 0 Å². The quantitative estimate of drug-likeness (QED) is 0.670. The predicted molar refractivity (Wildman–Crippen MR) is 79.3 cm³/mol. The van der Waals surface area contributed by atoms with Gasteiger partial charge in [-0.25, -0.2) is 0 Å². The van der Waals surface area contributed by atoms with Crippen LogP contribution in [0.15, 0.2) is 18.2 Å². The van der Waals surface area contributed by atoms with Gasteiger partial charge in [-0.1, -0.05) is 20.8 Å². The number of aliphatic hydroxyl groups is 1. The van der Waals surface area contributed by atoms with Crippen LogP contribution in [0.4, 0.5) is 0 Å². The Balaban J connectivity index is 2.48. The lowest BCUT2D eigenvalue weighted by atomic mass is 10.2. The molecule has 0 aromatic heterocycles. The van der Waals surface area contributed by atoms with E-state index in [0.717, 1.165) is 24.3 Å². The lowest BCUT2D eigenvalue weighted by Crippen LogP contribution is -2.11. The Hall–Kier alpha value is -1.26. The molecule has 0 aliphatic rings. The smallest absolute Gasteiger partial charge is 0.128 e. The van der Waals surface area contributed by atoms with Crippen molar-refractivity contribution in [3.63, 3.8) is 0 Å². The van der Waals surface area contributed by atoms with Crippen molar-refractivity contribution < 1.29 is 19.3 Å². The molecule has 0 atom stereocenters. The van der Waals surface area contributed by atoms with Crippen LogP contribution in [0.3, 0.4) is 0 Å². The molecule has 0 spiro atoms. The maximum absolute atomic E-state index is 9.31. The fourth-order valence-electron chi connectivity index (χ4n) is 1.64. The Morgan fingerprint density at radius 3 is 2.55 bits per heavy atom. The average Bonchev–Trinajstić information content (AvgIpc) is 2.44. The maximum atomic E-state index is 9.31. The summed E-state index contributed by atoms with van der Waals surface area (Å²) in [6, 6.07) is 5.50. The largest absolute Gasteiger partial charge is 0.493 e. The van der Waals surface area contributed by atoms with Crippen molar-refractivity contribution in [1.82, 2.24) is 0 Å². The first-order chi connectivity index (χ1) is 9.67. The van der Waals surface area contributed by atoms with Crippen molar-refractivity contribution in [3.8, 4) is 11.5 Å². The van der Waals surface area contributed by atoms with Gasteiger partial charge in [0.05, 0.1) is 19.8 Å². The summed E-state index contributed by atoms with van der Waals surface area (Å²) in [6.07, 6.45) is 0.959. The molecule has 1 aromatic carbocycles. The van der Waals surface area contributed by atoms with Gasteiger partial charge < -0.3 is 19.3 Å². The molecule has 0 bridgehead atoms. The highest BCUT2D eigenvalue weighted by Crippen LogP contribution is 2.25. The zero-order chi connectivity index (χ0) is 14.8. The first-order valence-corrected chi connectivity index (χ1v) is 7.24. The van der Waals surface area contributed by atoms with Crippen molar-refractivity contribution >= 4 is 0 Å². The molecule has 0 aliphatic heterocycles. The second-order valence-electron chi connectivity index (χ2n) is 5.09. The number of benzene rings is 1. The van der Waals surface area contributed by atoms with Gasteiger partial charge in [-0.2, -0.15) is 0 Å². The van der Waals surface area contributed by atoms with E-state index in [-0.39, 0.29) is 6.61 Å². The minimum Gasteiger partial charge on any atom is -0.493 e. The second-order valence-corrected chi connectivity index (χ2v) is 5.09. The summed E-state index contributed by atoms with van der Waals surface area (Å²) in [5.74, 6) is 1.95. The van der Waals surface area contributed by atoms with Gasteiger partial charge in [0.2, 0.25) is 0 Å². The molecular formula is C16H26O4. The Bertz CT molecular complexity index is 377. The van der Waals surface area contributed by atoms with Gasteiger partial charge in [-0.05, 0) is 24.5 Å². The summed E-state index contributed by atoms with van der Waals surface area (Å²) in [5, 5.41) is 9.31. The fraction of sp³-hybridized carbons (Fsp3) is 0.625. The summed E-state index contributed by atoms with van der Waals surface area (Å²) in [4.78, 5) is 0. The third kappa shape index (κ3) is 6.26. The van der Waals surface area contributed by atoms with Crippen LogP contribution in [0.5, 0.6) is 11.5 Å². The summed E-state index contributed by atoms with van der Waals surface area (Å²) < 4.78 is 16.7. The molecule has 1 rings (SSSR count). The number of ether oxygens (including phenoxy) is 3. The standard InChI is InChI=1S/C16H26O4/c1-4-7-19-15-6-5-14(11-17)16(10-15)20-9-8-18-12-13(2)3/h5-6,10,13,17H,4,7-9,11-12H2,1-3H3. The van der Waals surface area contributed by atoms with Gasteiger partial charge in [0.25, 0.3) is 0 Å². The van der Waals surface area contributed by atoms with Gasteiger partial charge in [0, 0.05) is 18.2 Å². The van der Waals surface area contributed by atoms with E-state index in [0.29, 0.717) is 31.5 Å². The van der Waals surface area contributed by atoms with E-state index in [1.807, 2.05) is 18.2 Å². The second kappa shape index (κ2) is 9.61. The predicted octanol–water partition coefficient (Wildman–Crippen LogP) is 3.02. The lowest BCUT2D eigenvalue weighted by Gasteiger charge is -2.13. The molecule has 0 saturated heterocycles. The van der Waals surface area contributed by atoms with E-state index >= 15 is 0 Å². The van der Waals surface area contributed by atoms with Crippen molar-refractivity contribution in [2.45, 2.75) is 33.8 Å². The van der Waals surface area contributed by atoms with E-state index in [9.17, 15) is 5.11 Å². The Kier molecular flexibility index (Phi) is 8.07. The van der Waals surface area contributed by atoms with Gasteiger partial charge in [-0.3, -0.25) is 0 Å². The monoisotopic (exact) mass is 282 g/mol. The van der Waals surface area contributed by atoms with E-state index in [4.69, 9.17) is 14.2 Å². The van der Waals surface area contributed by atoms with Crippen molar-refractivity contribution in [2.24, 2.45) is 5.92 Å². The molecule has 0 heterocycles. The summed E-state index contributed by atoms with van der Waals surface area (Å²) in [7, 11) is 0. The molecule has 0 amide bonds. The van der Waals surface area contributed by atoms with Crippen LogP contribution >= 0.6 is 0 Å². The van der Waals surface area contributed by atoms with Gasteiger partial charge >= 0.3 is 0 Å². The molecule has 0 unspecified atom stereocenters. The molecule has 4 nitrogen and oxygen atoms in total. The SMILES string of the molecule is CCCOc1ccc(CO)c(OCCOCC(C)C)c1. The van der Waals surface area contributed by atoms with Crippen molar-refractivity contribution in [2.75, 3.05) is 26.4 Å². The zero-order valence-electron chi connectivity index (χ0n) is 12.7. The minimum atomic E-state index is -0.0454. The lowest BCUT2D eigenvalue weighted by molar-refractivity contribution is 0.0811. The number of hydrogen-bond donors (Lipinski definition) is 1. The van der Waals surface area contributed by atoms with Crippen LogP contribution in [-0.4, -0.2) is 31.5 Å². The van der Waals surface area contributed by atoms with E-state index in [1.54, 1.807) is 0 Å². The molecular weight excluding hydrogens is 256 g/mol.